The van der Waals surface area contributed by atoms with E-state index in [9.17, 15) is 18.0 Å². The fraction of sp³-hybridized carbons (Fsp3) is 0.310. The first-order valence-corrected chi connectivity index (χ1v) is 15.9. The number of benzene rings is 3. The largest absolute Gasteiger partial charge is 0.352 e. The molecule has 2 amide bonds. The second-order valence-corrected chi connectivity index (χ2v) is 12.9. The third-order valence-corrected chi connectivity index (χ3v) is 8.59. The van der Waals surface area contributed by atoms with Gasteiger partial charge in [0.25, 0.3) is 0 Å². The lowest BCUT2D eigenvalue weighted by Gasteiger charge is -2.34. The molecule has 0 spiro atoms. The number of nitrogens with one attached hydrogen (secondary N) is 1. The summed E-state index contributed by atoms with van der Waals surface area (Å²) in [5, 5.41) is 3.46. The number of carbonyl (C=O) groups excluding carboxylic acids is 2. The summed E-state index contributed by atoms with van der Waals surface area (Å²) < 4.78 is 27.6. The first-order chi connectivity index (χ1) is 18.5. The summed E-state index contributed by atoms with van der Waals surface area (Å²) >= 11 is 8.60. The number of amides is 2. The van der Waals surface area contributed by atoms with Gasteiger partial charge >= 0.3 is 0 Å². The van der Waals surface area contributed by atoms with Crippen LogP contribution in [0.4, 0.5) is 5.69 Å². The van der Waals surface area contributed by atoms with Crippen molar-refractivity contribution in [2.75, 3.05) is 17.1 Å². The first kappa shape index (κ1) is 30.9. The maximum absolute atomic E-state index is 14.0. The average Bonchev–Trinajstić information content (AvgIpc) is 2.90. The predicted octanol–water partition coefficient (Wildman–Crippen LogP) is 5.27. The number of hydrogen-bond donors (Lipinski definition) is 1. The normalized spacial score (nSPS) is 12.8. The van der Waals surface area contributed by atoms with Gasteiger partial charge in [-0.1, -0.05) is 67.1 Å². The molecule has 3 aromatic rings. The number of halogens is 2. The summed E-state index contributed by atoms with van der Waals surface area (Å²) in [5.41, 5.74) is 1.89. The topological polar surface area (TPSA) is 86.8 Å². The molecule has 0 aromatic heterocycles. The minimum Gasteiger partial charge on any atom is -0.352 e. The zero-order valence-corrected chi connectivity index (χ0v) is 25.9. The van der Waals surface area contributed by atoms with Crippen molar-refractivity contribution in [1.82, 2.24) is 10.2 Å². The lowest BCUT2D eigenvalue weighted by molar-refractivity contribution is -0.140. The molecule has 39 heavy (non-hydrogen) atoms. The molecule has 0 aliphatic heterocycles. The van der Waals surface area contributed by atoms with E-state index in [0.717, 1.165) is 26.1 Å². The Kier molecular flexibility index (Phi) is 11.2. The van der Waals surface area contributed by atoms with E-state index < -0.39 is 28.5 Å². The highest BCUT2D eigenvalue weighted by atomic mass is 127. The molecule has 2 atom stereocenters. The van der Waals surface area contributed by atoms with Crippen LogP contribution in [-0.4, -0.2) is 50.0 Å². The van der Waals surface area contributed by atoms with E-state index in [-0.39, 0.29) is 24.9 Å². The van der Waals surface area contributed by atoms with Crippen LogP contribution >= 0.6 is 34.2 Å². The van der Waals surface area contributed by atoms with Gasteiger partial charge in [-0.05, 0) is 77.4 Å². The fourth-order valence-electron chi connectivity index (χ4n) is 4.03. The Balaban J connectivity index is 2.06. The Bertz CT molecular complexity index is 1370. The Labute approximate surface area is 249 Å². The van der Waals surface area contributed by atoms with Crippen molar-refractivity contribution in [3.05, 3.63) is 98.6 Å². The van der Waals surface area contributed by atoms with Gasteiger partial charge in [0.1, 0.15) is 12.6 Å². The van der Waals surface area contributed by atoms with Gasteiger partial charge in [0.2, 0.25) is 21.8 Å². The van der Waals surface area contributed by atoms with Gasteiger partial charge in [0, 0.05) is 27.6 Å². The van der Waals surface area contributed by atoms with E-state index >= 15 is 0 Å². The van der Waals surface area contributed by atoms with Crippen molar-refractivity contribution in [3.63, 3.8) is 0 Å². The lowest BCUT2D eigenvalue weighted by atomic mass is 10.0. The first-order valence-electron chi connectivity index (χ1n) is 12.6. The van der Waals surface area contributed by atoms with Crippen molar-refractivity contribution in [3.8, 4) is 0 Å². The number of nitrogens with zero attached hydrogens (tertiary/aromatic N) is 2. The van der Waals surface area contributed by atoms with E-state index in [1.807, 2.05) is 50.2 Å². The summed E-state index contributed by atoms with van der Waals surface area (Å²) in [6.07, 6.45) is 2.03. The minimum atomic E-state index is -3.81. The molecule has 10 heteroatoms. The fourth-order valence-corrected chi connectivity index (χ4v) is 5.43. The van der Waals surface area contributed by atoms with Crippen molar-refractivity contribution >= 4 is 61.7 Å². The Morgan fingerprint density at radius 1 is 0.974 bits per heavy atom. The van der Waals surface area contributed by atoms with Crippen molar-refractivity contribution in [2.45, 2.75) is 45.3 Å². The SMILES string of the molecule is CC[C@H](C)NC(=O)[C@@H](Cc1ccccc1)N(Cc1ccccc1Cl)C(=O)CN(c1ccc(I)cc1)S(C)(=O)=O. The summed E-state index contributed by atoms with van der Waals surface area (Å²) in [6, 6.07) is 22.4. The molecule has 0 saturated heterocycles. The molecule has 0 aliphatic carbocycles. The summed E-state index contributed by atoms with van der Waals surface area (Å²) in [7, 11) is -3.81. The van der Waals surface area contributed by atoms with Crippen LogP contribution in [-0.2, 0) is 32.6 Å². The lowest BCUT2D eigenvalue weighted by Crippen LogP contribution is -2.54. The van der Waals surface area contributed by atoms with Crippen LogP contribution in [0.1, 0.15) is 31.4 Å². The molecule has 3 aromatic carbocycles. The molecule has 0 fully saturated rings. The Hall–Kier alpha value is -2.63. The number of rotatable bonds is 12. The maximum atomic E-state index is 14.0. The number of carbonyl (C=O) groups is 2. The zero-order chi connectivity index (χ0) is 28.6. The van der Waals surface area contributed by atoms with Crippen molar-refractivity contribution in [1.29, 1.82) is 0 Å². The molecule has 1 N–H and O–H groups in total. The second kappa shape index (κ2) is 14.1. The molecule has 0 radical (unpaired) electrons. The summed E-state index contributed by atoms with van der Waals surface area (Å²) in [6.45, 7) is 3.44. The van der Waals surface area contributed by atoms with E-state index in [1.165, 1.54) is 4.90 Å². The monoisotopic (exact) mass is 681 g/mol. The van der Waals surface area contributed by atoms with Crippen LogP contribution in [0.2, 0.25) is 5.02 Å². The summed E-state index contributed by atoms with van der Waals surface area (Å²) in [5.74, 6) is -0.826. The van der Waals surface area contributed by atoms with Gasteiger partial charge in [-0.3, -0.25) is 13.9 Å². The smallest absolute Gasteiger partial charge is 0.244 e. The van der Waals surface area contributed by atoms with Gasteiger partial charge in [-0.15, -0.1) is 0 Å². The molecule has 208 valence electrons. The molecular formula is C29H33ClIN3O4S. The molecule has 7 nitrogen and oxygen atoms in total. The van der Waals surface area contributed by atoms with E-state index in [1.54, 1.807) is 42.5 Å². The van der Waals surface area contributed by atoms with Crippen molar-refractivity contribution < 1.29 is 18.0 Å². The van der Waals surface area contributed by atoms with Crippen LogP contribution in [0.5, 0.6) is 0 Å². The van der Waals surface area contributed by atoms with Crippen LogP contribution in [0.15, 0.2) is 78.9 Å². The average molecular weight is 682 g/mol. The highest BCUT2D eigenvalue weighted by Gasteiger charge is 2.33. The third-order valence-electron chi connectivity index (χ3n) is 6.36. The molecule has 0 unspecified atom stereocenters. The molecule has 0 saturated carbocycles. The second-order valence-electron chi connectivity index (χ2n) is 9.38. The molecular weight excluding hydrogens is 649 g/mol. The van der Waals surface area contributed by atoms with Gasteiger partial charge in [-0.25, -0.2) is 8.42 Å². The van der Waals surface area contributed by atoms with Gasteiger partial charge in [0.15, 0.2) is 0 Å². The Morgan fingerprint density at radius 3 is 2.18 bits per heavy atom. The minimum absolute atomic E-state index is 0.0359. The highest BCUT2D eigenvalue weighted by molar-refractivity contribution is 14.1. The van der Waals surface area contributed by atoms with Gasteiger partial charge < -0.3 is 10.2 Å². The third kappa shape index (κ3) is 8.94. The number of sulfonamides is 1. The van der Waals surface area contributed by atoms with Crippen molar-refractivity contribution in [2.24, 2.45) is 0 Å². The number of hydrogen-bond acceptors (Lipinski definition) is 4. The zero-order valence-electron chi connectivity index (χ0n) is 22.2. The summed E-state index contributed by atoms with van der Waals surface area (Å²) in [4.78, 5) is 29.1. The van der Waals surface area contributed by atoms with Gasteiger partial charge in [0.05, 0.1) is 11.9 Å². The maximum Gasteiger partial charge on any atom is 0.244 e. The molecule has 3 rings (SSSR count). The predicted molar refractivity (Wildman–Crippen MR) is 165 cm³/mol. The van der Waals surface area contributed by atoms with Gasteiger partial charge in [-0.2, -0.15) is 0 Å². The number of anilines is 1. The van der Waals surface area contributed by atoms with E-state index in [0.29, 0.717) is 16.3 Å². The van der Waals surface area contributed by atoms with E-state index in [4.69, 9.17) is 11.6 Å². The Morgan fingerprint density at radius 2 is 1.59 bits per heavy atom. The standard InChI is InChI=1S/C29H33ClIN3O4S/c1-4-21(2)32-29(36)27(18-22-10-6-5-7-11-22)33(19-23-12-8-9-13-26(23)30)28(35)20-34(39(3,37)38)25-16-14-24(31)15-17-25/h5-17,21,27H,4,18-20H2,1-3H3,(H,32,36)/t21-,27+/m0/s1. The quantitative estimate of drug-likeness (QED) is 0.264. The highest BCUT2D eigenvalue weighted by Crippen LogP contribution is 2.23. The van der Waals surface area contributed by atoms with Crippen LogP contribution in [0.25, 0.3) is 0 Å². The molecule has 0 aliphatic rings. The van der Waals surface area contributed by atoms with Crippen LogP contribution in [0, 0.1) is 3.57 Å². The van der Waals surface area contributed by atoms with E-state index in [2.05, 4.69) is 27.9 Å². The van der Waals surface area contributed by atoms with Crippen LogP contribution in [0.3, 0.4) is 0 Å². The molecule has 0 bridgehead atoms. The van der Waals surface area contributed by atoms with Crippen LogP contribution < -0.4 is 9.62 Å². The molecule has 0 heterocycles.